The minimum Gasteiger partial charge on any atom is -0.493 e. The number of aryl methyl sites for hydroxylation is 1. The van der Waals surface area contributed by atoms with E-state index in [-0.39, 0.29) is 0 Å². The summed E-state index contributed by atoms with van der Waals surface area (Å²) in [6.07, 6.45) is 1.70. The van der Waals surface area contributed by atoms with E-state index in [0.717, 1.165) is 5.69 Å². The molecule has 0 unspecified atom stereocenters. The van der Waals surface area contributed by atoms with Crippen molar-refractivity contribution in [3.05, 3.63) is 38.8 Å². The predicted molar refractivity (Wildman–Crippen MR) is 84.9 cm³/mol. The van der Waals surface area contributed by atoms with Gasteiger partial charge in [-0.1, -0.05) is 11.6 Å². The lowest BCUT2D eigenvalue weighted by molar-refractivity contribution is 0.355. The summed E-state index contributed by atoms with van der Waals surface area (Å²) in [5, 5.41) is 12.3. The molecule has 21 heavy (non-hydrogen) atoms. The van der Waals surface area contributed by atoms with Crippen molar-refractivity contribution in [2.24, 2.45) is 0 Å². The lowest BCUT2D eigenvalue weighted by Gasteiger charge is -2.11. The van der Waals surface area contributed by atoms with E-state index in [1.165, 1.54) is 18.4 Å². The molecule has 1 aromatic heterocycles. The van der Waals surface area contributed by atoms with Crippen LogP contribution in [0.4, 0.5) is 0 Å². The molecule has 4 nitrogen and oxygen atoms in total. The van der Waals surface area contributed by atoms with Gasteiger partial charge in [-0.25, -0.2) is 4.98 Å². The summed E-state index contributed by atoms with van der Waals surface area (Å²) in [4.78, 5) is 4.31. The lowest BCUT2D eigenvalue weighted by Crippen LogP contribution is -1.93. The molecule has 0 bridgehead atoms. The van der Waals surface area contributed by atoms with E-state index in [4.69, 9.17) is 21.1 Å². The molecule has 0 spiro atoms. The van der Waals surface area contributed by atoms with Crippen LogP contribution in [0.3, 0.4) is 0 Å². The molecule has 1 aromatic carbocycles. The van der Waals surface area contributed by atoms with Crippen LogP contribution < -0.4 is 9.47 Å². The molecule has 6 heteroatoms. The van der Waals surface area contributed by atoms with Gasteiger partial charge < -0.3 is 9.47 Å². The van der Waals surface area contributed by atoms with E-state index in [2.05, 4.69) is 11.1 Å². The number of rotatable bonds is 4. The molecule has 0 saturated carbocycles. The second kappa shape index (κ2) is 6.61. The topological polar surface area (TPSA) is 55.1 Å². The number of benzene rings is 1. The molecule has 0 fully saturated rings. The second-order valence-electron chi connectivity index (χ2n) is 4.17. The first-order valence-electron chi connectivity index (χ1n) is 6.05. The number of halogens is 1. The van der Waals surface area contributed by atoms with Gasteiger partial charge in [0.15, 0.2) is 11.5 Å². The Labute approximate surface area is 132 Å². The van der Waals surface area contributed by atoms with E-state index < -0.39 is 0 Å². The number of nitriles is 1. The zero-order valence-corrected chi connectivity index (χ0v) is 13.4. The quantitative estimate of drug-likeness (QED) is 0.793. The number of nitrogens with zero attached hydrogens (tertiary/aromatic N) is 2. The first kappa shape index (κ1) is 15.4. The van der Waals surface area contributed by atoms with Gasteiger partial charge in [0.25, 0.3) is 0 Å². The summed E-state index contributed by atoms with van der Waals surface area (Å²) < 4.78 is 10.4. The standard InChI is InChI=1S/C15H13ClN2O2S/c1-9-8-21-15(18-9)11(7-17)6-10-4-5-12(19-2)14(20-3)13(10)16/h4-6,8H,1-3H3/b11-6-. The maximum absolute atomic E-state index is 9.32. The summed E-state index contributed by atoms with van der Waals surface area (Å²) in [6, 6.07) is 5.68. The van der Waals surface area contributed by atoms with E-state index >= 15 is 0 Å². The average molecular weight is 321 g/mol. The van der Waals surface area contributed by atoms with Gasteiger partial charge >= 0.3 is 0 Å². The number of methoxy groups -OCH3 is 2. The van der Waals surface area contributed by atoms with Crippen molar-refractivity contribution in [1.29, 1.82) is 5.26 Å². The Hall–Kier alpha value is -2.03. The third kappa shape index (κ3) is 3.18. The zero-order valence-electron chi connectivity index (χ0n) is 11.8. The summed E-state index contributed by atoms with van der Waals surface area (Å²) in [6.45, 7) is 1.89. The third-order valence-electron chi connectivity index (χ3n) is 2.78. The molecule has 1 heterocycles. The smallest absolute Gasteiger partial charge is 0.179 e. The van der Waals surface area contributed by atoms with E-state index in [1.54, 1.807) is 25.3 Å². The van der Waals surface area contributed by atoms with Gasteiger partial charge in [0.2, 0.25) is 0 Å². The van der Waals surface area contributed by atoms with E-state index in [1.807, 2.05) is 12.3 Å². The number of thiazole rings is 1. The Balaban J connectivity index is 2.51. The fourth-order valence-electron chi connectivity index (χ4n) is 1.79. The van der Waals surface area contributed by atoms with Gasteiger partial charge in [-0.05, 0) is 30.7 Å². The molecule has 0 atom stereocenters. The molecule has 0 radical (unpaired) electrons. The Kier molecular flexibility index (Phi) is 4.84. The first-order chi connectivity index (χ1) is 10.1. The monoisotopic (exact) mass is 320 g/mol. The van der Waals surface area contributed by atoms with Crippen LogP contribution >= 0.6 is 22.9 Å². The number of hydrogen-bond acceptors (Lipinski definition) is 5. The normalized spacial score (nSPS) is 11.1. The van der Waals surface area contributed by atoms with Crippen molar-refractivity contribution in [2.45, 2.75) is 6.92 Å². The highest BCUT2D eigenvalue weighted by Gasteiger charge is 2.13. The van der Waals surface area contributed by atoms with Crippen molar-refractivity contribution < 1.29 is 9.47 Å². The van der Waals surface area contributed by atoms with Crippen LogP contribution in [0.1, 0.15) is 16.3 Å². The third-order valence-corrected chi connectivity index (χ3v) is 4.17. The molecule has 0 aliphatic carbocycles. The molecule has 0 aliphatic heterocycles. The molecule has 0 saturated heterocycles. The summed E-state index contributed by atoms with van der Waals surface area (Å²) in [7, 11) is 3.06. The van der Waals surface area contributed by atoms with Crippen LogP contribution in [0.25, 0.3) is 11.6 Å². The van der Waals surface area contributed by atoms with Crippen LogP contribution in [0, 0.1) is 18.3 Å². The van der Waals surface area contributed by atoms with Crippen molar-refractivity contribution in [1.82, 2.24) is 4.98 Å². The SMILES string of the molecule is COc1ccc(/C=C(/C#N)c2nc(C)cs2)c(Cl)c1OC. The minimum atomic E-state index is 0.401. The molecule has 2 aromatic rings. The highest BCUT2D eigenvalue weighted by atomic mass is 35.5. The van der Waals surface area contributed by atoms with Crippen LogP contribution in [0.2, 0.25) is 5.02 Å². The van der Waals surface area contributed by atoms with Crippen LogP contribution in [0.5, 0.6) is 11.5 Å². The number of hydrogen-bond donors (Lipinski definition) is 0. The average Bonchev–Trinajstić information content (AvgIpc) is 2.92. The van der Waals surface area contributed by atoms with E-state index in [0.29, 0.717) is 32.7 Å². The highest BCUT2D eigenvalue weighted by Crippen LogP contribution is 2.38. The molecular formula is C15H13ClN2O2S. The molecular weight excluding hydrogens is 308 g/mol. The summed E-state index contributed by atoms with van der Waals surface area (Å²) in [5.41, 5.74) is 2.02. The fourth-order valence-corrected chi connectivity index (χ4v) is 2.84. The molecule has 0 amide bonds. The van der Waals surface area contributed by atoms with Crippen molar-refractivity contribution in [2.75, 3.05) is 14.2 Å². The zero-order chi connectivity index (χ0) is 15.4. The van der Waals surface area contributed by atoms with Gasteiger partial charge in [-0.15, -0.1) is 11.3 Å². The second-order valence-corrected chi connectivity index (χ2v) is 5.40. The molecule has 108 valence electrons. The number of allylic oxidation sites excluding steroid dienone is 1. The maximum atomic E-state index is 9.32. The summed E-state index contributed by atoms with van der Waals surface area (Å²) >= 11 is 7.73. The maximum Gasteiger partial charge on any atom is 0.179 e. The fraction of sp³-hybridized carbons (Fsp3) is 0.200. The van der Waals surface area contributed by atoms with Gasteiger partial charge in [0.1, 0.15) is 11.1 Å². The van der Waals surface area contributed by atoms with Crippen LogP contribution in [0.15, 0.2) is 17.5 Å². The van der Waals surface area contributed by atoms with E-state index in [9.17, 15) is 5.26 Å². The predicted octanol–water partition coefficient (Wildman–Crippen LogP) is 4.19. The Morgan fingerprint density at radius 1 is 1.38 bits per heavy atom. The molecule has 0 aliphatic rings. The number of aromatic nitrogens is 1. The summed E-state index contributed by atoms with van der Waals surface area (Å²) in [5.74, 6) is 0.990. The Bertz CT molecular complexity index is 732. The van der Waals surface area contributed by atoms with Crippen LogP contribution in [-0.4, -0.2) is 19.2 Å². The molecule has 2 rings (SSSR count). The van der Waals surface area contributed by atoms with Crippen LogP contribution in [-0.2, 0) is 0 Å². The van der Waals surface area contributed by atoms with Crippen molar-refractivity contribution in [3.63, 3.8) is 0 Å². The lowest BCUT2D eigenvalue weighted by atomic mass is 10.1. The van der Waals surface area contributed by atoms with Gasteiger partial charge in [0, 0.05) is 11.1 Å². The Morgan fingerprint density at radius 3 is 2.67 bits per heavy atom. The largest absolute Gasteiger partial charge is 0.493 e. The van der Waals surface area contributed by atoms with Crippen molar-refractivity contribution in [3.8, 4) is 17.6 Å². The van der Waals surface area contributed by atoms with Crippen molar-refractivity contribution >= 4 is 34.6 Å². The van der Waals surface area contributed by atoms with Gasteiger partial charge in [-0.2, -0.15) is 5.26 Å². The highest BCUT2D eigenvalue weighted by molar-refractivity contribution is 7.11. The Morgan fingerprint density at radius 2 is 2.14 bits per heavy atom. The van der Waals surface area contributed by atoms with Gasteiger partial charge in [0.05, 0.1) is 24.8 Å². The number of ether oxygens (including phenoxy) is 2. The first-order valence-corrected chi connectivity index (χ1v) is 7.31. The van der Waals surface area contributed by atoms with Gasteiger partial charge in [-0.3, -0.25) is 0 Å². The molecule has 0 N–H and O–H groups in total. The minimum absolute atomic E-state index is 0.401.